The number of hydrogen-bond donors (Lipinski definition) is 3. The van der Waals surface area contributed by atoms with Gasteiger partial charge >= 0.3 is 0 Å². The fourth-order valence-corrected chi connectivity index (χ4v) is 2.17. The SMILES string of the molecule is CC(CNc1cc(N)ccc1C(N)=O)N(C)C1CC1. The third-order valence-corrected chi connectivity index (χ3v) is 3.72. The fraction of sp³-hybridized carbons (Fsp3) is 0.500. The summed E-state index contributed by atoms with van der Waals surface area (Å²) in [6.07, 6.45) is 2.57. The number of nitrogens with one attached hydrogen (secondary N) is 1. The van der Waals surface area contributed by atoms with Gasteiger partial charge in [0.2, 0.25) is 0 Å². The monoisotopic (exact) mass is 262 g/mol. The molecule has 1 amide bonds. The summed E-state index contributed by atoms with van der Waals surface area (Å²) < 4.78 is 0. The first-order valence-corrected chi connectivity index (χ1v) is 6.64. The Morgan fingerprint density at radius 1 is 1.53 bits per heavy atom. The fourth-order valence-electron chi connectivity index (χ4n) is 2.17. The summed E-state index contributed by atoms with van der Waals surface area (Å²) in [4.78, 5) is 13.7. The number of benzene rings is 1. The quantitative estimate of drug-likeness (QED) is 0.674. The van der Waals surface area contributed by atoms with E-state index in [1.165, 1.54) is 12.8 Å². The van der Waals surface area contributed by atoms with E-state index in [9.17, 15) is 4.79 Å². The predicted octanol–water partition coefficient (Wildman–Crippen LogP) is 1.26. The minimum absolute atomic E-state index is 0.398. The van der Waals surface area contributed by atoms with Crippen molar-refractivity contribution in [3.05, 3.63) is 23.8 Å². The Kier molecular flexibility index (Phi) is 3.95. The molecule has 0 spiro atoms. The molecule has 0 bridgehead atoms. The van der Waals surface area contributed by atoms with Crippen molar-refractivity contribution >= 4 is 17.3 Å². The van der Waals surface area contributed by atoms with Crippen LogP contribution in [0.1, 0.15) is 30.1 Å². The van der Waals surface area contributed by atoms with Gasteiger partial charge in [-0.3, -0.25) is 9.69 Å². The van der Waals surface area contributed by atoms with Crippen LogP contribution in [0, 0.1) is 0 Å². The standard InChI is InChI=1S/C14H22N4O/c1-9(18(2)11-4-5-11)8-17-13-7-10(15)3-6-12(13)14(16)19/h3,6-7,9,11,17H,4-5,8,15H2,1-2H3,(H2,16,19). The van der Waals surface area contributed by atoms with E-state index in [-0.39, 0.29) is 0 Å². The number of hydrogen-bond acceptors (Lipinski definition) is 4. The zero-order valence-electron chi connectivity index (χ0n) is 11.5. The van der Waals surface area contributed by atoms with Gasteiger partial charge in [0.15, 0.2) is 0 Å². The van der Waals surface area contributed by atoms with Crippen LogP contribution in [0.4, 0.5) is 11.4 Å². The second-order valence-corrected chi connectivity index (χ2v) is 5.30. The van der Waals surface area contributed by atoms with E-state index in [1.807, 2.05) is 0 Å². The summed E-state index contributed by atoms with van der Waals surface area (Å²) in [6.45, 7) is 2.93. The molecule has 5 N–H and O–H groups in total. The zero-order valence-corrected chi connectivity index (χ0v) is 11.5. The maximum atomic E-state index is 11.4. The van der Waals surface area contributed by atoms with Crippen LogP contribution in [-0.2, 0) is 0 Å². The largest absolute Gasteiger partial charge is 0.399 e. The summed E-state index contributed by atoms with van der Waals surface area (Å²) in [7, 11) is 2.14. The molecule has 5 heteroatoms. The molecule has 1 saturated carbocycles. The molecule has 1 aliphatic carbocycles. The van der Waals surface area contributed by atoms with Crippen molar-refractivity contribution in [2.75, 3.05) is 24.6 Å². The van der Waals surface area contributed by atoms with Crippen LogP contribution in [0.3, 0.4) is 0 Å². The first kappa shape index (κ1) is 13.7. The number of nitrogens with zero attached hydrogens (tertiary/aromatic N) is 1. The van der Waals surface area contributed by atoms with Gasteiger partial charge in [0.05, 0.1) is 5.56 Å². The number of nitrogen functional groups attached to an aromatic ring is 1. The molecule has 1 aromatic carbocycles. The van der Waals surface area contributed by atoms with Crippen LogP contribution >= 0.6 is 0 Å². The summed E-state index contributed by atoms with van der Waals surface area (Å²) in [6, 6.07) is 6.22. The van der Waals surface area contributed by atoms with Gasteiger partial charge < -0.3 is 16.8 Å². The number of anilines is 2. The van der Waals surface area contributed by atoms with Gasteiger partial charge in [0.1, 0.15) is 0 Å². The number of amides is 1. The van der Waals surface area contributed by atoms with Crippen molar-refractivity contribution in [3.63, 3.8) is 0 Å². The smallest absolute Gasteiger partial charge is 0.250 e. The molecule has 0 aromatic heterocycles. The van der Waals surface area contributed by atoms with Crippen molar-refractivity contribution in [2.45, 2.75) is 31.8 Å². The summed E-state index contributed by atoms with van der Waals surface area (Å²) in [5, 5.41) is 3.28. The second kappa shape index (κ2) is 5.48. The molecule has 5 nitrogen and oxygen atoms in total. The Morgan fingerprint density at radius 2 is 2.21 bits per heavy atom. The summed E-state index contributed by atoms with van der Waals surface area (Å²) in [5.74, 6) is -0.439. The van der Waals surface area contributed by atoms with Gasteiger partial charge in [-0.05, 0) is 45.0 Å². The number of carbonyl (C=O) groups excluding carboxylic acids is 1. The molecule has 1 fully saturated rings. The first-order valence-electron chi connectivity index (χ1n) is 6.64. The van der Waals surface area contributed by atoms with Crippen molar-refractivity contribution in [3.8, 4) is 0 Å². The number of nitrogens with two attached hydrogens (primary N) is 2. The van der Waals surface area contributed by atoms with Gasteiger partial charge in [-0.2, -0.15) is 0 Å². The van der Waals surface area contributed by atoms with Gasteiger partial charge in [-0.15, -0.1) is 0 Å². The maximum Gasteiger partial charge on any atom is 0.250 e. The minimum Gasteiger partial charge on any atom is -0.399 e. The maximum absolute atomic E-state index is 11.4. The Balaban J connectivity index is 2.01. The average Bonchev–Trinajstić information content (AvgIpc) is 3.18. The van der Waals surface area contributed by atoms with E-state index in [2.05, 4.69) is 24.2 Å². The van der Waals surface area contributed by atoms with Gasteiger partial charge in [-0.1, -0.05) is 0 Å². The lowest BCUT2D eigenvalue weighted by Gasteiger charge is -2.25. The zero-order chi connectivity index (χ0) is 14.0. The normalized spacial score (nSPS) is 16.4. The molecule has 104 valence electrons. The van der Waals surface area contributed by atoms with E-state index in [1.54, 1.807) is 18.2 Å². The third-order valence-electron chi connectivity index (χ3n) is 3.72. The molecule has 0 saturated heterocycles. The molecule has 19 heavy (non-hydrogen) atoms. The van der Waals surface area contributed by atoms with Crippen LogP contribution in [-0.4, -0.2) is 36.5 Å². The molecular formula is C14H22N4O. The van der Waals surface area contributed by atoms with E-state index < -0.39 is 5.91 Å². The molecule has 1 aliphatic rings. The lowest BCUT2D eigenvalue weighted by atomic mass is 10.1. The highest BCUT2D eigenvalue weighted by Crippen LogP contribution is 2.27. The van der Waals surface area contributed by atoms with Gasteiger partial charge in [0, 0.05) is 30.0 Å². The van der Waals surface area contributed by atoms with Crippen LogP contribution < -0.4 is 16.8 Å². The lowest BCUT2D eigenvalue weighted by molar-refractivity contribution is 0.100. The number of rotatable bonds is 6. The Labute approximate surface area is 113 Å². The van der Waals surface area contributed by atoms with E-state index in [0.29, 0.717) is 29.0 Å². The van der Waals surface area contributed by atoms with Crippen LogP contribution in [0.5, 0.6) is 0 Å². The Hall–Kier alpha value is -1.75. The molecule has 1 unspecified atom stereocenters. The molecule has 2 rings (SSSR count). The topological polar surface area (TPSA) is 84.4 Å². The summed E-state index contributed by atoms with van der Waals surface area (Å²) in [5.41, 5.74) is 12.9. The summed E-state index contributed by atoms with van der Waals surface area (Å²) >= 11 is 0. The Bertz CT molecular complexity index is 471. The first-order chi connectivity index (χ1) is 8.99. The Morgan fingerprint density at radius 3 is 2.79 bits per heavy atom. The highest BCUT2D eigenvalue weighted by molar-refractivity contribution is 5.99. The van der Waals surface area contributed by atoms with Crippen molar-refractivity contribution in [2.24, 2.45) is 5.73 Å². The van der Waals surface area contributed by atoms with Crippen LogP contribution in [0.2, 0.25) is 0 Å². The third kappa shape index (κ3) is 3.38. The van der Waals surface area contributed by atoms with Crippen molar-refractivity contribution in [1.29, 1.82) is 0 Å². The molecule has 0 heterocycles. The molecule has 1 aromatic rings. The molecular weight excluding hydrogens is 240 g/mol. The van der Waals surface area contributed by atoms with Crippen molar-refractivity contribution < 1.29 is 4.79 Å². The van der Waals surface area contributed by atoms with E-state index in [4.69, 9.17) is 11.5 Å². The average molecular weight is 262 g/mol. The molecule has 1 atom stereocenters. The number of carbonyl (C=O) groups is 1. The second-order valence-electron chi connectivity index (χ2n) is 5.30. The number of likely N-dealkylation sites (N-methyl/N-ethyl adjacent to an activating group) is 1. The highest BCUT2D eigenvalue weighted by atomic mass is 16.1. The lowest BCUT2D eigenvalue weighted by Crippen LogP contribution is -2.36. The molecule has 0 aliphatic heterocycles. The van der Waals surface area contributed by atoms with Gasteiger partial charge in [-0.25, -0.2) is 0 Å². The number of primary amides is 1. The van der Waals surface area contributed by atoms with Crippen LogP contribution in [0.15, 0.2) is 18.2 Å². The molecule has 0 radical (unpaired) electrons. The van der Waals surface area contributed by atoms with Crippen LogP contribution in [0.25, 0.3) is 0 Å². The highest BCUT2D eigenvalue weighted by Gasteiger charge is 2.28. The van der Waals surface area contributed by atoms with E-state index in [0.717, 1.165) is 6.54 Å². The minimum atomic E-state index is -0.439. The predicted molar refractivity (Wildman–Crippen MR) is 78.1 cm³/mol. The van der Waals surface area contributed by atoms with E-state index >= 15 is 0 Å². The van der Waals surface area contributed by atoms with Gasteiger partial charge in [0.25, 0.3) is 5.91 Å². The van der Waals surface area contributed by atoms with Crippen molar-refractivity contribution in [1.82, 2.24) is 4.90 Å².